The number of likely N-dealkylation sites (tertiary alicyclic amines) is 1. The topological polar surface area (TPSA) is 60.9 Å². The standard InChI is InChI=1S/C9H19N2O3P/c1-10(2)8-15(13,14)7-6-11-5-3-4-9(11)12/h3-8H2,1-2H3,(H,13,14). The van der Waals surface area contributed by atoms with Crippen LogP contribution in [0.1, 0.15) is 12.8 Å². The van der Waals surface area contributed by atoms with Crippen LogP contribution in [-0.4, -0.2) is 60.2 Å². The summed E-state index contributed by atoms with van der Waals surface area (Å²) in [4.78, 5) is 24.2. The van der Waals surface area contributed by atoms with Gasteiger partial charge in [-0.3, -0.25) is 9.36 Å². The van der Waals surface area contributed by atoms with Crippen molar-refractivity contribution in [3.63, 3.8) is 0 Å². The fourth-order valence-corrected chi connectivity index (χ4v) is 3.31. The summed E-state index contributed by atoms with van der Waals surface area (Å²) in [5, 5.41) is 0. The Morgan fingerprint density at radius 3 is 2.67 bits per heavy atom. The van der Waals surface area contributed by atoms with E-state index in [9.17, 15) is 14.3 Å². The average molecular weight is 234 g/mol. The Labute approximate surface area is 90.5 Å². The van der Waals surface area contributed by atoms with E-state index in [2.05, 4.69) is 0 Å². The second-order valence-corrected chi connectivity index (χ2v) is 6.70. The molecule has 0 radical (unpaired) electrons. The van der Waals surface area contributed by atoms with Crippen molar-refractivity contribution < 1.29 is 14.3 Å². The average Bonchev–Trinajstić information content (AvgIpc) is 2.45. The predicted octanol–water partition coefficient (Wildman–Crippen LogP) is 0.398. The highest BCUT2D eigenvalue weighted by Gasteiger charge is 2.25. The summed E-state index contributed by atoms with van der Waals surface area (Å²) in [6.07, 6.45) is 1.86. The Kier molecular flexibility index (Phi) is 4.32. The first-order chi connectivity index (χ1) is 6.91. The number of amides is 1. The van der Waals surface area contributed by atoms with E-state index >= 15 is 0 Å². The first-order valence-electron chi connectivity index (χ1n) is 5.14. The lowest BCUT2D eigenvalue weighted by Gasteiger charge is -2.20. The van der Waals surface area contributed by atoms with Crippen LogP contribution in [0.3, 0.4) is 0 Å². The SMILES string of the molecule is CN(C)CP(=O)(O)CCN1CCCC1=O. The first kappa shape index (κ1) is 12.7. The molecule has 0 spiro atoms. The first-order valence-corrected chi connectivity index (χ1v) is 7.17. The van der Waals surface area contributed by atoms with Gasteiger partial charge in [0.2, 0.25) is 13.3 Å². The highest BCUT2D eigenvalue weighted by atomic mass is 31.2. The van der Waals surface area contributed by atoms with E-state index < -0.39 is 7.37 Å². The van der Waals surface area contributed by atoms with Gasteiger partial charge in [-0.25, -0.2) is 0 Å². The third-order valence-corrected chi connectivity index (χ3v) is 4.30. The minimum Gasteiger partial charge on any atom is -0.343 e. The molecular weight excluding hydrogens is 215 g/mol. The lowest BCUT2D eigenvalue weighted by atomic mass is 10.4. The zero-order valence-corrected chi connectivity index (χ0v) is 10.2. The number of hydrogen-bond acceptors (Lipinski definition) is 3. The molecule has 0 aromatic heterocycles. The van der Waals surface area contributed by atoms with Gasteiger partial charge in [-0.1, -0.05) is 0 Å². The molecule has 1 aliphatic rings. The van der Waals surface area contributed by atoms with Crippen molar-refractivity contribution >= 4 is 13.3 Å². The molecule has 0 saturated carbocycles. The molecule has 1 N–H and O–H groups in total. The van der Waals surface area contributed by atoms with Crippen molar-refractivity contribution in [1.29, 1.82) is 0 Å². The number of nitrogens with zero attached hydrogens (tertiary/aromatic N) is 2. The zero-order valence-electron chi connectivity index (χ0n) is 9.35. The minimum absolute atomic E-state index is 0.111. The number of hydrogen-bond donors (Lipinski definition) is 1. The van der Waals surface area contributed by atoms with Crippen molar-refractivity contribution in [1.82, 2.24) is 9.80 Å². The quantitative estimate of drug-likeness (QED) is 0.699. The number of carbonyl (C=O) groups is 1. The molecule has 1 amide bonds. The summed E-state index contributed by atoms with van der Waals surface area (Å²) >= 11 is 0. The molecule has 1 atom stereocenters. The molecule has 0 aromatic carbocycles. The molecule has 6 heteroatoms. The normalized spacial score (nSPS) is 21.1. The number of carbonyl (C=O) groups excluding carboxylic acids is 1. The number of rotatable bonds is 5. The molecule has 1 rings (SSSR count). The maximum atomic E-state index is 11.7. The van der Waals surface area contributed by atoms with E-state index in [-0.39, 0.29) is 18.4 Å². The molecule has 0 aliphatic carbocycles. The summed E-state index contributed by atoms with van der Waals surface area (Å²) < 4.78 is 11.7. The molecular formula is C9H19N2O3P. The van der Waals surface area contributed by atoms with Gasteiger partial charge in [-0.15, -0.1) is 0 Å². The van der Waals surface area contributed by atoms with E-state index in [0.29, 0.717) is 13.0 Å². The van der Waals surface area contributed by atoms with Crippen molar-refractivity contribution in [3.05, 3.63) is 0 Å². The van der Waals surface area contributed by atoms with Crippen LogP contribution in [0, 0.1) is 0 Å². The fourth-order valence-electron chi connectivity index (χ4n) is 1.73. The van der Waals surface area contributed by atoms with Crippen LogP contribution in [0.5, 0.6) is 0 Å². The van der Waals surface area contributed by atoms with Crippen LogP contribution in [0.2, 0.25) is 0 Å². The van der Waals surface area contributed by atoms with Crippen molar-refractivity contribution in [2.45, 2.75) is 12.8 Å². The molecule has 15 heavy (non-hydrogen) atoms. The Morgan fingerprint density at radius 1 is 1.53 bits per heavy atom. The molecule has 88 valence electrons. The fraction of sp³-hybridized carbons (Fsp3) is 0.889. The van der Waals surface area contributed by atoms with Gasteiger partial charge in [0, 0.05) is 25.7 Å². The lowest BCUT2D eigenvalue weighted by Crippen LogP contribution is -2.28. The molecule has 1 unspecified atom stereocenters. The maximum Gasteiger partial charge on any atom is 0.222 e. The van der Waals surface area contributed by atoms with Gasteiger partial charge in [-0.2, -0.15) is 0 Å². The van der Waals surface area contributed by atoms with Crippen LogP contribution < -0.4 is 0 Å². The Balaban J connectivity index is 2.35. The second-order valence-electron chi connectivity index (χ2n) is 4.28. The Bertz CT molecular complexity index is 281. The summed E-state index contributed by atoms with van der Waals surface area (Å²) in [6, 6.07) is 0. The largest absolute Gasteiger partial charge is 0.343 e. The molecule has 5 nitrogen and oxygen atoms in total. The Hall–Kier alpha value is -0.380. The summed E-state index contributed by atoms with van der Waals surface area (Å²) in [5.74, 6) is 0.111. The minimum atomic E-state index is -3.10. The molecule has 1 saturated heterocycles. The smallest absolute Gasteiger partial charge is 0.222 e. The van der Waals surface area contributed by atoms with Crippen LogP contribution in [0.15, 0.2) is 0 Å². The second kappa shape index (κ2) is 5.10. The van der Waals surface area contributed by atoms with Crippen LogP contribution in [-0.2, 0) is 9.36 Å². The lowest BCUT2D eigenvalue weighted by molar-refractivity contribution is -0.127. The van der Waals surface area contributed by atoms with Crippen LogP contribution in [0.4, 0.5) is 0 Å². The van der Waals surface area contributed by atoms with E-state index in [1.807, 2.05) is 0 Å². The van der Waals surface area contributed by atoms with E-state index in [4.69, 9.17) is 0 Å². The van der Waals surface area contributed by atoms with Gasteiger partial charge in [0.15, 0.2) is 0 Å². The third kappa shape index (κ3) is 4.33. The van der Waals surface area contributed by atoms with Crippen molar-refractivity contribution in [2.24, 2.45) is 0 Å². The maximum absolute atomic E-state index is 11.7. The van der Waals surface area contributed by atoms with E-state index in [1.54, 1.807) is 23.9 Å². The molecule has 1 heterocycles. The summed E-state index contributed by atoms with van der Waals surface area (Å²) in [6.45, 7) is 1.15. The Morgan fingerprint density at radius 2 is 2.20 bits per heavy atom. The molecule has 1 fully saturated rings. The summed E-state index contributed by atoms with van der Waals surface area (Å²) in [5.41, 5.74) is 0. The van der Waals surface area contributed by atoms with E-state index in [0.717, 1.165) is 13.0 Å². The monoisotopic (exact) mass is 234 g/mol. The molecule has 0 aromatic rings. The molecule has 0 bridgehead atoms. The van der Waals surface area contributed by atoms with Crippen LogP contribution >= 0.6 is 7.37 Å². The van der Waals surface area contributed by atoms with Gasteiger partial charge in [-0.05, 0) is 20.5 Å². The zero-order chi connectivity index (χ0) is 11.5. The highest BCUT2D eigenvalue weighted by molar-refractivity contribution is 7.57. The van der Waals surface area contributed by atoms with Crippen molar-refractivity contribution in [2.75, 3.05) is 39.6 Å². The predicted molar refractivity (Wildman–Crippen MR) is 59.1 cm³/mol. The van der Waals surface area contributed by atoms with Crippen LogP contribution in [0.25, 0.3) is 0 Å². The third-order valence-electron chi connectivity index (χ3n) is 2.39. The van der Waals surface area contributed by atoms with Crippen molar-refractivity contribution in [3.8, 4) is 0 Å². The van der Waals surface area contributed by atoms with E-state index in [1.165, 1.54) is 0 Å². The molecule has 1 aliphatic heterocycles. The van der Waals surface area contributed by atoms with Gasteiger partial charge in [0.05, 0.1) is 6.29 Å². The summed E-state index contributed by atoms with van der Waals surface area (Å²) in [7, 11) is 0.440. The van der Waals surface area contributed by atoms with Gasteiger partial charge < -0.3 is 14.7 Å². The van der Waals surface area contributed by atoms with Gasteiger partial charge >= 0.3 is 0 Å². The van der Waals surface area contributed by atoms with Gasteiger partial charge in [0.25, 0.3) is 0 Å². The van der Waals surface area contributed by atoms with Gasteiger partial charge in [0.1, 0.15) is 0 Å². The highest BCUT2D eigenvalue weighted by Crippen LogP contribution is 2.40.